The fraction of sp³-hybridized carbons (Fsp3) is 0.176. The maximum atomic E-state index is 12.3. The van der Waals surface area contributed by atoms with Crippen molar-refractivity contribution in [2.24, 2.45) is 0 Å². The maximum absolute atomic E-state index is 12.3. The summed E-state index contributed by atoms with van der Waals surface area (Å²) in [5.41, 5.74) is 1.71. The molecule has 0 spiro atoms. The van der Waals surface area contributed by atoms with Crippen LogP contribution >= 0.6 is 0 Å². The van der Waals surface area contributed by atoms with Gasteiger partial charge in [0, 0.05) is 6.54 Å². The Morgan fingerprint density at radius 2 is 1.46 bits per heavy atom. The Labute approximate surface area is 140 Å². The van der Waals surface area contributed by atoms with Gasteiger partial charge in [0.15, 0.2) is 0 Å². The Hall–Kier alpha value is -2.51. The molecule has 0 radical (unpaired) electrons. The maximum Gasteiger partial charge on any atom is 0.261 e. The van der Waals surface area contributed by atoms with Crippen LogP contribution in [-0.4, -0.2) is 38.7 Å². The van der Waals surface area contributed by atoms with Crippen LogP contribution in [0.2, 0.25) is 0 Å². The number of fused-ring (bicyclic) bond motifs is 1. The van der Waals surface area contributed by atoms with E-state index in [2.05, 4.69) is 4.72 Å². The van der Waals surface area contributed by atoms with E-state index in [1.54, 1.807) is 36.4 Å². The minimum Gasteiger partial charge on any atom is -0.274 e. The summed E-state index contributed by atoms with van der Waals surface area (Å²) in [4.78, 5) is 25.9. The fourth-order valence-corrected chi connectivity index (χ4v) is 3.37. The topological polar surface area (TPSA) is 83.6 Å². The molecule has 1 aliphatic heterocycles. The second-order valence-corrected chi connectivity index (χ2v) is 7.30. The Balaban J connectivity index is 1.71. The van der Waals surface area contributed by atoms with Crippen molar-refractivity contribution in [3.63, 3.8) is 0 Å². The molecule has 6 nitrogen and oxygen atoms in total. The van der Waals surface area contributed by atoms with Gasteiger partial charge < -0.3 is 0 Å². The molecule has 1 heterocycles. The van der Waals surface area contributed by atoms with Crippen molar-refractivity contribution >= 4 is 21.8 Å². The number of nitrogens with one attached hydrogen (secondary N) is 1. The molecule has 0 fully saturated rings. The third kappa shape index (κ3) is 2.83. The molecule has 0 atom stereocenters. The van der Waals surface area contributed by atoms with Gasteiger partial charge in [0.1, 0.15) is 0 Å². The first-order chi connectivity index (χ1) is 11.4. The largest absolute Gasteiger partial charge is 0.274 e. The van der Waals surface area contributed by atoms with Gasteiger partial charge >= 0.3 is 0 Å². The van der Waals surface area contributed by atoms with Gasteiger partial charge in [0.2, 0.25) is 10.0 Å². The molecule has 24 heavy (non-hydrogen) atoms. The zero-order valence-corrected chi connectivity index (χ0v) is 13.8. The number of carbonyl (C=O) groups is 2. The summed E-state index contributed by atoms with van der Waals surface area (Å²) >= 11 is 0. The molecule has 2 aromatic carbocycles. The van der Waals surface area contributed by atoms with Crippen LogP contribution in [0.3, 0.4) is 0 Å². The van der Waals surface area contributed by atoms with Crippen molar-refractivity contribution in [1.82, 2.24) is 9.62 Å². The zero-order chi connectivity index (χ0) is 17.3. The molecule has 3 rings (SSSR count). The minimum absolute atomic E-state index is 0.175. The highest BCUT2D eigenvalue weighted by Crippen LogP contribution is 2.22. The Bertz CT molecular complexity index is 869. The fourth-order valence-electron chi connectivity index (χ4n) is 2.64. The summed E-state index contributed by atoms with van der Waals surface area (Å²) in [6.45, 7) is 0.254. The highest BCUT2D eigenvalue weighted by molar-refractivity contribution is 7.89. The van der Waals surface area contributed by atoms with E-state index in [0.29, 0.717) is 17.5 Å². The van der Waals surface area contributed by atoms with E-state index in [9.17, 15) is 18.0 Å². The van der Waals surface area contributed by atoms with E-state index in [1.807, 2.05) is 0 Å². The highest BCUT2D eigenvalue weighted by Gasteiger charge is 2.34. The number of carbonyl (C=O) groups excluding carboxylic acids is 2. The lowest BCUT2D eigenvalue weighted by Crippen LogP contribution is -2.31. The van der Waals surface area contributed by atoms with Crippen molar-refractivity contribution < 1.29 is 18.0 Å². The summed E-state index contributed by atoms with van der Waals surface area (Å²) in [7, 11) is -2.12. The van der Waals surface area contributed by atoms with Crippen LogP contribution in [0.5, 0.6) is 0 Å². The molecule has 0 saturated carbocycles. The molecule has 2 amide bonds. The van der Waals surface area contributed by atoms with Crippen molar-refractivity contribution in [2.45, 2.75) is 11.3 Å². The Kier molecular flexibility index (Phi) is 4.21. The molecule has 1 N–H and O–H groups in total. The quantitative estimate of drug-likeness (QED) is 0.832. The van der Waals surface area contributed by atoms with Gasteiger partial charge in [-0.25, -0.2) is 13.1 Å². The summed E-state index contributed by atoms with van der Waals surface area (Å²) < 4.78 is 25.6. The summed E-state index contributed by atoms with van der Waals surface area (Å²) in [5, 5.41) is 0. The van der Waals surface area contributed by atoms with E-state index in [1.165, 1.54) is 24.1 Å². The standard InChI is InChI=1S/C17H16N2O4S/c1-18-24(22,23)13-8-6-12(7-9-13)10-11-19-16(20)14-4-2-3-5-15(14)17(19)21/h2-9,18H,10-11H2,1H3. The Morgan fingerprint density at radius 1 is 0.917 bits per heavy atom. The molecular formula is C17H16N2O4S. The number of rotatable bonds is 5. The van der Waals surface area contributed by atoms with Crippen LogP contribution in [0, 0.1) is 0 Å². The van der Waals surface area contributed by atoms with Gasteiger partial charge in [0.05, 0.1) is 16.0 Å². The first-order valence-corrected chi connectivity index (χ1v) is 8.90. The lowest BCUT2D eigenvalue weighted by molar-refractivity contribution is 0.0656. The SMILES string of the molecule is CNS(=O)(=O)c1ccc(CCN2C(=O)c3ccccc3C2=O)cc1. The van der Waals surface area contributed by atoms with Crippen LogP contribution < -0.4 is 4.72 Å². The molecule has 0 bridgehead atoms. The lowest BCUT2D eigenvalue weighted by Gasteiger charge is -2.13. The van der Waals surface area contributed by atoms with E-state index in [-0.39, 0.29) is 23.3 Å². The van der Waals surface area contributed by atoms with Gasteiger partial charge in [-0.2, -0.15) is 0 Å². The molecule has 2 aromatic rings. The van der Waals surface area contributed by atoms with E-state index in [0.717, 1.165) is 5.56 Å². The Morgan fingerprint density at radius 3 is 1.96 bits per heavy atom. The molecule has 0 saturated heterocycles. The average Bonchev–Trinajstić information content (AvgIpc) is 2.85. The van der Waals surface area contributed by atoms with Crippen LogP contribution in [0.15, 0.2) is 53.4 Å². The average molecular weight is 344 g/mol. The second-order valence-electron chi connectivity index (χ2n) is 5.41. The lowest BCUT2D eigenvalue weighted by atomic mass is 10.1. The third-order valence-corrected chi connectivity index (χ3v) is 5.43. The number of nitrogens with zero attached hydrogens (tertiary/aromatic N) is 1. The van der Waals surface area contributed by atoms with E-state index >= 15 is 0 Å². The van der Waals surface area contributed by atoms with Crippen molar-refractivity contribution in [3.05, 3.63) is 65.2 Å². The predicted molar refractivity (Wildman–Crippen MR) is 88.2 cm³/mol. The molecular weight excluding hydrogens is 328 g/mol. The summed E-state index contributed by atoms with van der Waals surface area (Å²) in [5.74, 6) is -0.574. The number of hydrogen-bond acceptors (Lipinski definition) is 4. The minimum atomic E-state index is -3.47. The van der Waals surface area contributed by atoms with Crippen molar-refractivity contribution in [3.8, 4) is 0 Å². The zero-order valence-electron chi connectivity index (χ0n) is 13.0. The number of sulfonamides is 1. The molecule has 0 aliphatic carbocycles. The first kappa shape index (κ1) is 16.4. The van der Waals surface area contributed by atoms with Gasteiger partial charge in [-0.05, 0) is 43.3 Å². The number of amides is 2. The third-order valence-electron chi connectivity index (χ3n) is 4.00. The second kappa shape index (κ2) is 6.18. The van der Waals surface area contributed by atoms with Crippen molar-refractivity contribution in [2.75, 3.05) is 13.6 Å². The highest BCUT2D eigenvalue weighted by atomic mass is 32.2. The molecule has 124 valence electrons. The molecule has 7 heteroatoms. The first-order valence-electron chi connectivity index (χ1n) is 7.42. The smallest absolute Gasteiger partial charge is 0.261 e. The van der Waals surface area contributed by atoms with Crippen LogP contribution in [0.1, 0.15) is 26.3 Å². The van der Waals surface area contributed by atoms with Crippen LogP contribution in [0.4, 0.5) is 0 Å². The van der Waals surface area contributed by atoms with E-state index < -0.39 is 10.0 Å². The number of hydrogen-bond donors (Lipinski definition) is 1. The number of benzene rings is 2. The van der Waals surface area contributed by atoms with Gasteiger partial charge in [-0.15, -0.1) is 0 Å². The van der Waals surface area contributed by atoms with Gasteiger partial charge in [0.25, 0.3) is 11.8 Å². The predicted octanol–water partition coefficient (Wildman–Crippen LogP) is 1.43. The van der Waals surface area contributed by atoms with Gasteiger partial charge in [-0.1, -0.05) is 24.3 Å². The summed E-state index contributed by atoms with van der Waals surface area (Å²) in [6, 6.07) is 13.1. The van der Waals surface area contributed by atoms with Gasteiger partial charge in [-0.3, -0.25) is 14.5 Å². The van der Waals surface area contributed by atoms with Crippen LogP contribution in [-0.2, 0) is 16.4 Å². The van der Waals surface area contributed by atoms with E-state index in [4.69, 9.17) is 0 Å². The molecule has 0 unspecified atom stereocenters. The monoisotopic (exact) mass is 344 g/mol. The summed E-state index contributed by atoms with van der Waals surface area (Å²) in [6.07, 6.45) is 0.464. The number of imide groups is 1. The van der Waals surface area contributed by atoms with Crippen LogP contribution in [0.25, 0.3) is 0 Å². The molecule has 1 aliphatic rings. The molecule has 0 aromatic heterocycles. The normalized spacial score (nSPS) is 14.1. The van der Waals surface area contributed by atoms with Crippen molar-refractivity contribution in [1.29, 1.82) is 0 Å².